The maximum atomic E-state index is 12.6. The first-order valence-corrected chi connectivity index (χ1v) is 7.24. The molecule has 1 atom stereocenters. The molecule has 2 amide bonds. The number of carboxylic acid groups (broad SMARTS) is 1. The van der Waals surface area contributed by atoms with E-state index >= 15 is 0 Å². The average Bonchev–Trinajstić information content (AvgIpc) is 2.36. The van der Waals surface area contributed by atoms with Crippen molar-refractivity contribution >= 4 is 12.0 Å². The number of aliphatic carboxylic acids is 1. The second-order valence-electron chi connectivity index (χ2n) is 6.49. The molecule has 2 aliphatic heterocycles. The van der Waals surface area contributed by atoms with Crippen LogP contribution in [0.4, 0.5) is 4.79 Å². The monoisotopic (exact) mass is 284 g/mol. The standard InChI is InChI=1S/C14H24N2O4/c1-14(2)4-3-5-15(10-14)13(19)16-6-7-20-9-11(16)8-12(17)18/h11H,3-10H2,1-2H3,(H,17,18). The molecule has 0 radical (unpaired) electrons. The number of carbonyl (C=O) groups is 2. The molecular formula is C14H24N2O4. The second kappa shape index (κ2) is 5.99. The predicted molar refractivity (Wildman–Crippen MR) is 73.5 cm³/mol. The van der Waals surface area contributed by atoms with Crippen molar-refractivity contribution in [3.05, 3.63) is 0 Å². The molecule has 114 valence electrons. The summed E-state index contributed by atoms with van der Waals surface area (Å²) >= 11 is 0. The molecule has 2 heterocycles. The van der Waals surface area contributed by atoms with Crippen molar-refractivity contribution in [2.24, 2.45) is 5.41 Å². The van der Waals surface area contributed by atoms with Crippen molar-refractivity contribution in [2.75, 3.05) is 32.8 Å². The van der Waals surface area contributed by atoms with Crippen LogP contribution in [0.2, 0.25) is 0 Å². The molecule has 0 aromatic heterocycles. The van der Waals surface area contributed by atoms with Crippen molar-refractivity contribution in [3.8, 4) is 0 Å². The molecule has 0 aromatic carbocycles. The average molecular weight is 284 g/mol. The Labute approximate surface area is 119 Å². The van der Waals surface area contributed by atoms with Gasteiger partial charge in [0.25, 0.3) is 0 Å². The van der Waals surface area contributed by atoms with Crippen molar-refractivity contribution in [3.63, 3.8) is 0 Å². The third-order valence-corrected chi connectivity index (χ3v) is 4.05. The number of hydrogen-bond donors (Lipinski definition) is 1. The highest BCUT2D eigenvalue weighted by Gasteiger charge is 2.35. The number of rotatable bonds is 2. The molecule has 0 bridgehead atoms. The first-order chi connectivity index (χ1) is 9.39. The lowest BCUT2D eigenvalue weighted by Crippen LogP contribution is -2.56. The molecular weight excluding hydrogens is 260 g/mol. The van der Waals surface area contributed by atoms with Gasteiger partial charge < -0.3 is 19.6 Å². The van der Waals surface area contributed by atoms with Gasteiger partial charge in [0.05, 0.1) is 25.7 Å². The number of carbonyl (C=O) groups excluding carboxylic acids is 1. The summed E-state index contributed by atoms with van der Waals surface area (Å²) in [4.78, 5) is 27.1. The van der Waals surface area contributed by atoms with E-state index in [0.717, 1.165) is 25.9 Å². The van der Waals surface area contributed by atoms with Gasteiger partial charge in [0.1, 0.15) is 0 Å². The molecule has 0 spiro atoms. The number of hydrogen-bond acceptors (Lipinski definition) is 3. The van der Waals surface area contributed by atoms with E-state index in [2.05, 4.69) is 13.8 Å². The lowest BCUT2D eigenvalue weighted by molar-refractivity contribution is -0.139. The smallest absolute Gasteiger partial charge is 0.320 e. The summed E-state index contributed by atoms with van der Waals surface area (Å²) in [7, 11) is 0. The predicted octanol–water partition coefficient (Wildman–Crippen LogP) is 1.40. The quantitative estimate of drug-likeness (QED) is 0.832. The van der Waals surface area contributed by atoms with Crippen molar-refractivity contribution in [2.45, 2.75) is 39.2 Å². The Morgan fingerprint density at radius 1 is 1.35 bits per heavy atom. The number of morpholine rings is 1. The molecule has 2 fully saturated rings. The number of likely N-dealkylation sites (tertiary alicyclic amines) is 1. The van der Waals surface area contributed by atoms with Gasteiger partial charge in [-0.2, -0.15) is 0 Å². The van der Waals surface area contributed by atoms with Gasteiger partial charge in [-0.05, 0) is 18.3 Å². The van der Waals surface area contributed by atoms with Gasteiger partial charge in [-0.1, -0.05) is 13.8 Å². The zero-order valence-corrected chi connectivity index (χ0v) is 12.3. The molecule has 2 rings (SSSR count). The highest BCUT2D eigenvalue weighted by atomic mass is 16.5. The van der Waals surface area contributed by atoms with Crippen molar-refractivity contribution in [1.82, 2.24) is 9.80 Å². The Morgan fingerprint density at radius 3 is 2.75 bits per heavy atom. The first kappa shape index (κ1) is 15.1. The normalized spacial score (nSPS) is 26.4. The Kier molecular flexibility index (Phi) is 4.52. The molecule has 0 aromatic rings. The number of piperidine rings is 1. The van der Waals surface area contributed by atoms with Crippen LogP contribution in [0.15, 0.2) is 0 Å². The Morgan fingerprint density at radius 2 is 2.10 bits per heavy atom. The van der Waals surface area contributed by atoms with Crippen molar-refractivity contribution in [1.29, 1.82) is 0 Å². The van der Waals surface area contributed by atoms with Crippen LogP contribution in [0.1, 0.15) is 33.1 Å². The molecule has 20 heavy (non-hydrogen) atoms. The van der Waals surface area contributed by atoms with Gasteiger partial charge in [0.2, 0.25) is 0 Å². The van der Waals surface area contributed by atoms with Gasteiger partial charge in [-0.3, -0.25) is 4.79 Å². The third-order valence-electron chi connectivity index (χ3n) is 4.05. The third kappa shape index (κ3) is 3.62. The minimum absolute atomic E-state index is 0.0349. The zero-order valence-electron chi connectivity index (χ0n) is 12.3. The SMILES string of the molecule is CC1(C)CCCN(C(=O)N2CCOCC2CC(=O)O)C1. The summed E-state index contributed by atoms with van der Waals surface area (Å²) in [5.41, 5.74) is 0.141. The van der Waals surface area contributed by atoms with Gasteiger partial charge >= 0.3 is 12.0 Å². The Bertz CT molecular complexity index is 383. The van der Waals surface area contributed by atoms with Crippen molar-refractivity contribution < 1.29 is 19.4 Å². The molecule has 2 aliphatic rings. The number of carboxylic acids is 1. The molecule has 1 unspecified atom stereocenters. The minimum atomic E-state index is -0.891. The lowest BCUT2D eigenvalue weighted by atomic mass is 9.84. The molecule has 2 saturated heterocycles. The van der Waals surface area contributed by atoms with Crippen LogP contribution in [-0.4, -0.2) is 65.8 Å². The maximum Gasteiger partial charge on any atom is 0.320 e. The topological polar surface area (TPSA) is 70.1 Å². The fourth-order valence-corrected chi connectivity index (χ4v) is 3.05. The first-order valence-electron chi connectivity index (χ1n) is 7.24. The van der Waals surface area contributed by atoms with E-state index in [1.807, 2.05) is 4.90 Å². The fraction of sp³-hybridized carbons (Fsp3) is 0.857. The molecule has 1 N–H and O–H groups in total. The van der Waals surface area contributed by atoms with Gasteiger partial charge in [0, 0.05) is 19.6 Å². The van der Waals surface area contributed by atoms with E-state index in [-0.39, 0.29) is 23.9 Å². The number of urea groups is 1. The van der Waals surface area contributed by atoms with Gasteiger partial charge in [0.15, 0.2) is 0 Å². The highest BCUT2D eigenvalue weighted by Crippen LogP contribution is 2.29. The van der Waals surface area contributed by atoms with Gasteiger partial charge in [-0.25, -0.2) is 4.79 Å². The number of ether oxygens (including phenoxy) is 1. The van der Waals surface area contributed by atoms with E-state index in [4.69, 9.17) is 9.84 Å². The van der Waals surface area contributed by atoms with E-state index in [1.54, 1.807) is 4.90 Å². The lowest BCUT2D eigenvalue weighted by Gasteiger charge is -2.43. The van der Waals surface area contributed by atoms with Crippen LogP contribution < -0.4 is 0 Å². The number of amides is 2. The second-order valence-corrected chi connectivity index (χ2v) is 6.49. The largest absolute Gasteiger partial charge is 0.481 e. The van der Waals surface area contributed by atoms with Crippen LogP contribution in [0.25, 0.3) is 0 Å². The van der Waals surface area contributed by atoms with Crippen LogP contribution in [0.3, 0.4) is 0 Å². The molecule has 6 heteroatoms. The molecule has 6 nitrogen and oxygen atoms in total. The van der Waals surface area contributed by atoms with E-state index in [0.29, 0.717) is 19.8 Å². The summed E-state index contributed by atoms with van der Waals surface area (Å²) in [5, 5.41) is 8.95. The van der Waals surface area contributed by atoms with Crippen LogP contribution >= 0.6 is 0 Å². The summed E-state index contributed by atoms with van der Waals surface area (Å²) in [6.07, 6.45) is 2.08. The van der Waals surface area contributed by atoms with E-state index in [9.17, 15) is 9.59 Å². The van der Waals surface area contributed by atoms with Crippen LogP contribution in [-0.2, 0) is 9.53 Å². The highest BCUT2D eigenvalue weighted by molar-refractivity contribution is 5.76. The Hall–Kier alpha value is -1.30. The van der Waals surface area contributed by atoms with E-state index < -0.39 is 5.97 Å². The molecule has 0 saturated carbocycles. The van der Waals surface area contributed by atoms with Gasteiger partial charge in [-0.15, -0.1) is 0 Å². The van der Waals surface area contributed by atoms with E-state index in [1.165, 1.54) is 0 Å². The van der Waals surface area contributed by atoms with Crippen LogP contribution in [0, 0.1) is 5.41 Å². The summed E-state index contributed by atoms with van der Waals surface area (Å²) in [5.74, 6) is -0.891. The molecule has 0 aliphatic carbocycles. The summed E-state index contributed by atoms with van der Waals surface area (Å²) < 4.78 is 5.32. The maximum absolute atomic E-state index is 12.6. The summed E-state index contributed by atoms with van der Waals surface area (Å²) in [6, 6.07) is -0.383. The fourth-order valence-electron chi connectivity index (χ4n) is 3.05. The zero-order chi connectivity index (χ0) is 14.8. The number of nitrogens with zero attached hydrogens (tertiary/aromatic N) is 2. The van der Waals surface area contributed by atoms with Crippen LogP contribution in [0.5, 0.6) is 0 Å². The summed E-state index contributed by atoms with van der Waals surface area (Å²) in [6.45, 7) is 7.12. The Balaban J connectivity index is 2.03. The minimum Gasteiger partial charge on any atom is -0.481 e.